The van der Waals surface area contributed by atoms with Gasteiger partial charge in [0, 0.05) is 12.3 Å². The Bertz CT molecular complexity index is 1090. The molecule has 1 aliphatic heterocycles. The average Bonchev–Trinajstić information content (AvgIpc) is 2.82. The SMILES string of the molecule is C=C[C@@]1(O)[C@H](O)[C@@H](CO[P@](=O)(O)OP(=O)(O)OP(=O)(O)O)O[C@H]1n1ccc(=O)[nH]c1=O. The van der Waals surface area contributed by atoms with Crippen LogP contribution in [0.15, 0.2) is 34.5 Å². The van der Waals surface area contributed by atoms with Gasteiger partial charge in [0.25, 0.3) is 5.56 Å². The minimum atomic E-state index is -5.76. The lowest BCUT2D eigenvalue weighted by molar-refractivity contribution is -0.0810. The van der Waals surface area contributed by atoms with Crippen molar-refractivity contribution >= 4 is 23.5 Å². The molecule has 0 bridgehead atoms. The fraction of sp³-hybridized carbons (Fsp3) is 0.455. The number of aromatic amines is 1. The Morgan fingerprint density at radius 3 is 2.32 bits per heavy atom. The maximum atomic E-state index is 12.0. The lowest BCUT2D eigenvalue weighted by Crippen LogP contribution is -2.47. The zero-order valence-corrected chi connectivity index (χ0v) is 17.7. The second kappa shape index (κ2) is 8.92. The summed E-state index contributed by atoms with van der Waals surface area (Å²) in [7, 11) is -16.9. The molecular weight excluding hydrogens is 493 g/mol. The van der Waals surface area contributed by atoms with E-state index in [4.69, 9.17) is 19.4 Å². The first-order valence-corrected chi connectivity index (χ1v) is 12.3. The van der Waals surface area contributed by atoms with E-state index in [-0.39, 0.29) is 0 Å². The van der Waals surface area contributed by atoms with Gasteiger partial charge in [-0.1, -0.05) is 12.7 Å². The van der Waals surface area contributed by atoms with Crippen molar-refractivity contribution in [3.8, 4) is 0 Å². The molecule has 0 radical (unpaired) electrons. The number of nitrogens with one attached hydrogen (secondary N) is 1. The highest BCUT2D eigenvalue weighted by atomic mass is 31.3. The molecule has 0 amide bonds. The molecule has 0 saturated carbocycles. The first kappa shape index (κ1) is 26.0. The van der Waals surface area contributed by atoms with E-state index in [1.165, 1.54) is 0 Å². The van der Waals surface area contributed by atoms with Crippen LogP contribution in [0.4, 0.5) is 0 Å². The number of ether oxygens (including phenoxy) is 1. The highest BCUT2D eigenvalue weighted by molar-refractivity contribution is 7.66. The van der Waals surface area contributed by atoms with Gasteiger partial charge in [0.15, 0.2) is 11.8 Å². The highest BCUT2D eigenvalue weighted by Crippen LogP contribution is 2.66. The van der Waals surface area contributed by atoms with Gasteiger partial charge in [0.1, 0.15) is 12.2 Å². The standard InChI is InChI=1S/C11H17N2O15P3/c1-2-11(17)8(15)6(26-9(11)13-4-3-7(14)12-10(13)16)5-25-30(21,22)28-31(23,24)27-29(18,19)20/h2-4,6,8-9,15,17H,1,5H2,(H,21,22)(H,23,24)(H,12,14,16)(H2,18,19,20)/t6-,8-,9-,11-/m1/s1. The molecule has 17 nitrogen and oxygen atoms in total. The second-order valence-corrected chi connectivity index (χ2v) is 10.4. The summed E-state index contributed by atoms with van der Waals surface area (Å²) >= 11 is 0. The van der Waals surface area contributed by atoms with Crippen LogP contribution >= 0.6 is 23.5 Å². The van der Waals surface area contributed by atoms with Crippen LogP contribution < -0.4 is 11.2 Å². The van der Waals surface area contributed by atoms with Crippen LogP contribution in [-0.4, -0.2) is 63.8 Å². The number of nitrogens with zero attached hydrogens (tertiary/aromatic N) is 1. The van der Waals surface area contributed by atoms with Gasteiger partial charge in [-0.3, -0.25) is 18.9 Å². The Morgan fingerprint density at radius 2 is 1.81 bits per heavy atom. The predicted octanol–water partition coefficient (Wildman–Crippen LogP) is -1.94. The number of phosphoric acid groups is 3. The van der Waals surface area contributed by atoms with Crippen LogP contribution in [0.3, 0.4) is 0 Å². The number of hydrogen-bond acceptors (Lipinski definition) is 11. The molecule has 20 heteroatoms. The molecule has 1 saturated heterocycles. The number of aromatic nitrogens is 2. The van der Waals surface area contributed by atoms with Crippen LogP contribution in [-0.2, 0) is 31.6 Å². The Morgan fingerprint density at radius 1 is 1.19 bits per heavy atom. The molecule has 31 heavy (non-hydrogen) atoms. The molecule has 7 N–H and O–H groups in total. The molecule has 6 atom stereocenters. The maximum Gasteiger partial charge on any atom is 0.490 e. The fourth-order valence-electron chi connectivity index (χ4n) is 2.52. The highest BCUT2D eigenvalue weighted by Gasteiger charge is 2.55. The van der Waals surface area contributed by atoms with Crippen LogP contribution in [0.5, 0.6) is 0 Å². The maximum absolute atomic E-state index is 12.0. The summed E-state index contributed by atoms with van der Waals surface area (Å²) in [6.07, 6.45) is -3.58. The Kier molecular flexibility index (Phi) is 7.47. The lowest BCUT2D eigenvalue weighted by Gasteiger charge is -2.28. The average molecular weight is 510 g/mol. The van der Waals surface area contributed by atoms with Crippen molar-refractivity contribution in [3.05, 3.63) is 45.8 Å². The summed E-state index contributed by atoms with van der Waals surface area (Å²) in [5.41, 5.74) is -4.18. The van der Waals surface area contributed by atoms with Crippen LogP contribution in [0, 0.1) is 0 Å². The van der Waals surface area contributed by atoms with Gasteiger partial charge >= 0.3 is 29.2 Å². The number of hydrogen-bond donors (Lipinski definition) is 7. The molecule has 0 spiro atoms. The van der Waals surface area contributed by atoms with Gasteiger partial charge in [0.05, 0.1) is 6.61 Å². The summed E-state index contributed by atoms with van der Waals surface area (Å²) in [5.74, 6) is 0. The third-order valence-corrected chi connectivity index (χ3v) is 7.58. The summed E-state index contributed by atoms with van der Waals surface area (Å²) in [6, 6.07) is 0.903. The zero-order chi connectivity index (χ0) is 23.8. The fourth-order valence-corrected chi connectivity index (χ4v) is 5.55. The molecule has 1 aliphatic rings. The van der Waals surface area contributed by atoms with Gasteiger partial charge < -0.3 is 34.5 Å². The van der Waals surface area contributed by atoms with Crippen molar-refractivity contribution in [1.82, 2.24) is 9.55 Å². The quantitative estimate of drug-likeness (QED) is 0.141. The number of H-pyrrole nitrogens is 1. The molecule has 2 rings (SSSR count). The lowest BCUT2D eigenvalue weighted by atomic mass is 9.94. The number of aliphatic hydroxyl groups excluding tert-OH is 1. The van der Waals surface area contributed by atoms with E-state index in [9.17, 15) is 38.4 Å². The molecule has 0 aliphatic carbocycles. The number of phosphoric ester groups is 1. The van der Waals surface area contributed by atoms with Gasteiger partial charge in [-0.05, 0) is 0 Å². The van der Waals surface area contributed by atoms with Gasteiger partial charge in [-0.25, -0.2) is 18.5 Å². The summed E-state index contributed by atoms with van der Waals surface area (Å²) < 4.78 is 51.0. The van der Waals surface area contributed by atoms with Crippen molar-refractivity contribution in [2.75, 3.05) is 6.61 Å². The normalized spacial score (nSPS) is 30.5. The van der Waals surface area contributed by atoms with Gasteiger partial charge in [-0.2, -0.15) is 8.62 Å². The Balaban J connectivity index is 2.19. The van der Waals surface area contributed by atoms with Gasteiger partial charge in [-0.15, -0.1) is 0 Å². The summed E-state index contributed by atoms with van der Waals surface area (Å²) in [5, 5.41) is 20.9. The van der Waals surface area contributed by atoms with E-state index >= 15 is 0 Å². The molecule has 176 valence electrons. The minimum Gasteiger partial charge on any atom is -0.387 e. The van der Waals surface area contributed by atoms with E-state index in [1.54, 1.807) is 0 Å². The second-order valence-electron chi connectivity index (χ2n) is 5.97. The van der Waals surface area contributed by atoms with E-state index in [0.717, 1.165) is 18.3 Å². The molecule has 1 unspecified atom stereocenters. The smallest absolute Gasteiger partial charge is 0.387 e. The molecular formula is C11H17N2O15P3. The molecule has 0 aromatic carbocycles. The third-order valence-electron chi connectivity index (χ3n) is 3.77. The summed E-state index contributed by atoms with van der Waals surface area (Å²) in [6.45, 7) is 2.20. The summed E-state index contributed by atoms with van der Waals surface area (Å²) in [4.78, 5) is 60.6. The monoisotopic (exact) mass is 510 g/mol. The topological polar surface area (TPSA) is 264 Å². The van der Waals surface area contributed by atoms with E-state index in [2.05, 4.69) is 19.7 Å². The van der Waals surface area contributed by atoms with Crippen molar-refractivity contribution in [2.24, 2.45) is 0 Å². The first-order valence-electron chi connectivity index (χ1n) is 7.79. The molecule has 2 heterocycles. The number of rotatable bonds is 9. The predicted molar refractivity (Wildman–Crippen MR) is 96.2 cm³/mol. The van der Waals surface area contributed by atoms with E-state index in [1.807, 2.05) is 4.98 Å². The largest absolute Gasteiger partial charge is 0.490 e. The molecule has 1 aromatic rings. The van der Waals surface area contributed by atoms with Crippen molar-refractivity contribution in [1.29, 1.82) is 0 Å². The van der Waals surface area contributed by atoms with E-state index in [0.29, 0.717) is 4.57 Å². The first-order chi connectivity index (χ1) is 14.0. The minimum absolute atomic E-state index is 0.678. The van der Waals surface area contributed by atoms with Crippen molar-refractivity contribution in [3.63, 3.8) is 0 Å². The van der Waals surface area contributed by atoms with Crippen molar-refractivity contribution < 1.29 is 61.4 Å². The van der Waals surface area contributed by atoms with Crippen LogP contribution in [0.25, 0.3) is 0 Å². The third kappa shape index (κ3) is 6.37. The van der Waals surface area contributed by atoms with Gasteiger partial charge in [0.2, 0.25) is 0 Å². The number of aliphatic hydroxyl groups is 2. The zero-order valence-electron chi connectivity index (χ0n) is 15.0. The van der Waals surface area contributed by atoms with Crippen molar-refractivity contribution in [2.45, 2.75) is 24.0 Å². The molecule has 1 aromatic heterocycles. The van der Waals surface area contributed by atoms with Crippen LogP contribution in [0.1, 0.15) is 6.23 Å². The Hall–Kier alpha value is -1.29. The van der Waals surface area contributed by atoms with Crippen LogP contribution in [0.2, 0.25) is 0 Å². The molecule has 1 fully saturated rings. The Labute approximate surface area is 171 Å². The van der Waals surface area contributed by atoms with E-state index < -0.39 is 65.4 Å².